The van der Waals surface area contributed by atoms with Gasteiger partial charge < -0.3 is 14.5 Å². The van der Waals surface area contributed by atoms with Crippen LogP contribution in [0.3, 0.4) is 0 Å². The van der Waals surface area contributed by atoms with Crippen LogP contribution in [0.4, 0.5) is 0 Å². The number of hydrogen-bond donors (Lipinski definition) is 1. The normalized spacial score (nSPS) is 12.0. The summed E-state index contributed by atoms with van der Waals surface area (Å²) < 4.78 is 11.0. The van der Waals surface area contributed by atoms with Gasteiger partial charge in [0.1, 0.15) is 5.76 Å². The van der Waals surface area contributed by atoms with Crippen molar-refractivity contribution in [1.29, 1.82) is 0 Å². The Morgan fingerprint density at radius 2 is 2.12 bits per heavy atom. The summed E-state index contributed by atoms with van der Waals surface area (Å²) >= 11 is 0. The second kappa shape index (κ2) is 6.77. The Labute approximate surface area is 104 Å². The smallest absolute Gasteiger partial charge is 0.208 e. The van der Waals surface area contributed by atoms with Crippen LogP contribution in [-0.4, -0.2) is 23.7 Å². The summed E-state index contributed by atoms with van der Waals surface area (Å²) in [6, 6.07) is 0. The van der Waals surface area contributed by atoms with Gasteiger partial charge in [-0.2, -0.15) is 0 Å². The van der Waals surface area contributed by atoms with Crippen molar-refractivity contribution < 1.29 is 9.15 Å². The lowest BCUT2D eigenvalue weighted by atomic mass is 10.1. The number of hydrogen-bond acceptors (Lipinski definition) is 4. The third-order valence-corrected chi connectivity index (χ3v) is 2.21. The van der Waals surface area contributed by atoms with Gasteiger partial charge >= 0.3 is 0 Å². The van der Waals surface area contributed by atoms with E-state index in [2.05, 4.69) is 38.0 Å². The molecular weight excluding hydrogens is 216 g/mol. The predicted molar refractivity (Wildman–Crippen MR) is 67.9 cm³/mol. The molecule has 98 valence electrons. The van der Waals surface area contributed by atoms with Crippen molar-refractivity contribution in [3.05, 3.63) is 17.8 Å². The largest absolute Gasteiger partial charge is 0.444 e. The van der Waals surface area contributed by atoms with Crippen molar-refractivity contribution in [2.45, 2.75) is 52.6 Å². The average molecular weight is 240 g/mol. The Hall–Kier alpha value is -0.870. The molecule has 1 rings (SSSR count). The number of nitrogens with zero attached hydrogens (tertiary/aromatic N) is 1. The van der Waals surface area contributed by atoms with E-state index in [4.69, 9.17) is 9.15 Å². The van der Waals surface area contributed by atoms with Gasteiger partial charge in [0.15, 0.2) is 0 Å². The molecule has 0 radical (unpaired) electrons. The monoisotopic (exact) mass is 240 g/mol. The van der Waals surface area contributed by atoms with Crippen LogP contribution in [0, 0.1) is 0 Å². The third kappa shape index (κ3) is 6.44. The Kier molecular flexibility index (Phi) is 5.65. The quantitative estimate of drug-likeness (QED) is 0.744. The lowest BCUT2D eigenvalue weighted by molar-refractivity contribution is 0.134. The van der Waals surface area contributed by atoms with E-state index in [1.165, 1.54) is 0 Å². The molecule has 1 aromatic heterocycles. The SMILES string of the molecule is CCCOCCc1cnc(CNC(C)(C)C)o1. The fraction of sp³-hybridized carbons (Fsp3) is 0.769. The lowest BCUT2D eigenvalue weighted by Gasteiger charge is -2.18. The minimum Gasteiger partial charge on any atom is -0.444 e. The van der Waals surface area contributed by atoms with Gasteiger partial charge in [-0.25, -0.2) is 4.98 Å². The molecule has 17 heavy (non-hydrogen) atoms. The first kappa shape index (κ1) is 14.2. The van der Waals surface area contributed by atoms with E-state index in [0.717, 1.165) is 31.1 Å². The summed E-state index contributed by atoms with van der Waals surface area (Å²) in [5.41, 5.74) is 0.0822. The fourth-order valence-electron chi connectivity index (χ4n) is 1.31. The van der Waals surface area contributed by atoms with Crippen molar-refractivity contribution in [3.63, 3.8) is 0 Å². The van der Waals surface area contributed by atoms with Crippen molar-refractivity contribution in [1.82, 2.24) is 10.3 Å². The number of aromatic nitrogens is 1. The first-order chi connectivity index (χ1) is 8.01. The molecule has 0 amide bonds. The molecule has 4 heteroatoms. The highest BCUT2D eigenvalue weighted by Crippen LogP contribution is 2.07. The van der Waals surface area contributed by atoms with E-state index in [9.17, 15) is 0 Å². The van der Waals surface area contributed by atoms with E-state index in [1.807, 2.05) is 0 Å². The summed E-state index contributed by atoms with van der Waals surface area (Å²) in [4.78, 5) is 4.23. The molecule has 0 aliphatic carbocycles. The molecule has 0 spiro atoms. The molecule has 1 aromatic rings. The van der Waals surface area contributed by atoms with Gasteiger partial charge in [-0.15, -0.1) is 0 Å². The van der Waals surface area contributed by atoms with E-state index in [1.54, 1.807) is 6.20 Å². The van der Waals surface area contributed by atoms with Gasteiger partial charge in [0.05, 0.1) is 19.3 Å². The van der Waals surface area contributed by atoms with Crippen molar-refractivity contribution >= 4 is 0 Å². The fourth-order valence-corrected chi connectivity index (χ4v) is 1.31. The molecule has 4 nitrogen and oxygen atoms in total. The first-order valence-electron chi connectivity index (χ1n) is 6.27. The maximum atomic E-state index is 5.61. The van der Waals surface area contributed by atoms with Crippen LogP contribution in [0.5, 0.6) is 0 Å². The predicted octanol–water partition coefficient (Wildman–Crippen LogP) is 2.53. The average Bonchev–Trinajstić information content (AvgIpc) is 2.69. The molecule has 0 fully saturated rings. The van der Waals surface area contributed by atoms with Gasteiger partial charge in [-0.05, 0) is 27.2 Å². The highest BCUT2D eigenvalue weighted by atomic mass is 16.5. The van der Waals surface area contributed by atoms with Crippen LogP contribution >= 0.6 is 0 Å². The summed E-state index contributed by atoms with van der Waals surface area (Å²) in [5.74, 6) is 1.64. The van der Waals surface area contributed by atoms with E-state index < -0.39 is 0 Å². The van der Waals surface area contributed by atoms with E-state index in [0.29, 0.717) is 13.2 Å². The summed E-state index contributed by atoms with van der Waals surface area (Å²) in [6.07, 6.45) is 3.63. The molecule has 1 heterocycles. The lowest BCUT2D eigenvalue weighted by Crippen LogP contribution is -2.35. The van der Waals surface area contributed by atoms with Gasteiger partial charge in [-0.3, -0.25) is 0 Å². The van der Waals surface area contributed by atoms with Crippen LogP contribution in [0.25, 0.3) is 0 Å². The minimum absolute atomic E-state index is 0.0822. The summed E-state index contributed by atoms with van der Waals surface area (Å²) in [7, 11) is 0. The topological polar surface area (TPSA) is 47.3 Å². The summed E-state index contributed by atoms with van der Waals surface area (Å²) in [6.45, 7) is 10.6. The Balaban J connectivity index is 2.28. The number of nitrogens with one attached hydrogen (secondary N) is 1. The minimum atomic E-state index is 0.0822. The van der Waals surface area contributed by atoms with Crippen molar-refractivity contribution in [2.24, 2.45) is 0 Å². The van der Waals surface area contributed by atoms with Crippen LogP contribution in [0.15, 0.2) is 10.6 Å². The molecule has 0 aromatic carbocycles. The first-order valence-corrected chi connectivity index (χ1v) is 6.27. The second-order valence-electron chi connectivity index (χ2n) is 5.19. The highest BCUT2D eigenvalue weighted by Gasteiger charge is 2.11. The molecule has 0 saturated carbocycles. The van der Waals surface area contributed by atoms with Crippen LogP contribution in [0.1, 0.15) is 45.8 Å². The molecule has 0 bridgehead atoms. The Morgan fingerprint density at radius 3 is 2.76 bits per heavy atom. The maximum absolute atomic E-state index is 5.61. The van der Waals surface area contributed by atoms with Crippen LogP contribution < -0.4 is 5.32 Å². The van der Waals surface area contributed by atoms with Gasteiger partial charge in [0, 0.05) is 18.6 Å². The number of rotatable bonds is 7. The zero-order valence-corrected chi connectivity index (χ0v) is 11.4. The van der Waals surface area contributed by atoms with Crippen LogP contribution in [0.2, 0.25) is 0 Å². The number of oxazole rings is 1. The molecule has 0 unspecified atom stereocenters. The zero-order chi connectivity index (χ0) is 12.7. The zero-order valence-electron chi connectivity index (χ0n) is 11.4. The molecule has 0 atom stereocenters. The molecule has 0 aliphatic rings. The van der Waals surface area contributed by atoms with Crippen LogP contribution in [-0.2, 0) is 17.7 Å². The molecule has 0 aliphatic heterocycles. The third-order valence-electron chi connectivity index (χ3n) is 2.21. The second-order valence-corrected chi connectivity index (χ2v) is 5.19. The summed E-state index contributed by atoms with van der Waals surface area (Å²) in [5, 5.41) is 3.34. The van der Waals surface area contributed by atoms with Gasteiger partial charge in [0.2, 0.25) is 5.89 Å². The Bertz CT molecular complexity index is 315. The standard InChI is InChI=1S/C13H24N2O2/c1-5-7-16-8-6-11-9-14-12(17-11)10-15-13(2,3)4/h9,15H,5-8,10H2,1-4H3. The van der Waals surface area contributed by atoms with Crippen molar-refractivity contribution in [3.8, 4) is 0 Å². The van der Waals surface area contributed by atoms with E-state index >= 15 is 0 Å². The maximum Gasteiger partial charge on any atom is 0.208 e. The molecular formula is C13H24N2O2. The van der Waals surface area contributed by atoms with Gasteiger partial charge in [-0.1, -0.05) is 6.92 Å². The van der Waals surface area contributed by atoms with E-state index in [-0.39, 0.29) is 5.54 Å². The highest BCUT2D eigenvalue weighted by molar-refractivity contribution is 4.94. The number of ether oxygens (including phenoxy) is 1. The Morgan fingerprint density at radius 1 is 1.35 bits per heavy atom. The molecule has 1 N–H and O–H groups in total. The van der Waals surface area contributed by atoms with Crippen molar-refractivity contribution in [2.75, 3.05) is 13.2 Å². The molecule has 0 saturated heterocycles. The van der Waals surface area contributed by atoms with Gasteiger partial charge in [0.25, 0.3) is 0 Å².